The molecule has 3 aromatic rings. The van der Waals surface area contributed by atoms with Crippen LogP contribution in [0.1, 0.15) is 29.2 Å². The third-order valence-corrected chi connectivity index (χ3v) is 5.04. The fraction of sp³-hybridized carbons (Fsp3) is 0.412. The van der Waals surface area contributed by atoms with Crippen molar-refractivity contribution >= 4 is 16.9 Å². The fourth-order valence-corrected chi connectivity index (χ4v) is 3.53. The molecule has 0 aromatic carbocycles. The van der Waals surface area contributed by atoms with Gasteiger partial charge in [-0.1, -0.05) is 5.21 Å². The van der Waals surface area contributed by atoms with Gasteiger partial charge in [0.2, 0.25) is 0 Å². The monoisotopic (exact) mass is 369 g/mol. The molecular formula is C17H19N7O3. The van der Waals surface area contributed by atoms with E-state index in [1.54, 1.807) is 29.0 Å². The molecule has 0 bridgehead atoms. The number of piperidine rings is 1. The standard InChI is InChI=1S/C17H19N7O3/c1-21-14-13(16(26)22(2)17(21)27)8-11(9-18-14)15(25)23-6-3-4-12(10-23)24-7-5-19-20-24/h5,7-9,12H,3-4,6,10H2,1-2H3. The Morgan fingerprint density at radius 2 is 2.04 bits per heavy atom. The second kappa shape index (κ2) is 6.45. The van der Waals surface area contributed by atoms with Crippen molar-refractivity contribution in [3.8, 4) is 0 Å². The van der Waals surface area contributed by atoms with E-state index in [4.69, 9.17) is 0 Å². The normalized spacial score (nSPS) is 17.4. The summed E-state index contributed by atoms with van der Waals surface area (Å²) in [5.74, 6) is -0.190. The SMILES string of the molecule is Cn1c(=O)c2cc(C(=O)N3CCCC(n4ccnn4)C3)cnc2n(C)c1=O. The molecule has 27 heavy (non-hydrogen) atoms. The molecule has 10 nitrogen and oxygen atoms in total. The quantitative estimate of drug-likeness (QED) is 0.614. The van der Waals surface area contributed by atoms with Crippen molar-refractivity contribution in [1.29, 1.82) is 0 Å². The molecule has 140 valence electrons. The fourth-order valence-electron chi connectivity index (χ4n) is 3.53. The summed E-state index contributed by atoms with van der Waals surface area (Å²) in [6.45, 7) is 1.15. The molecule has 0 radical (unpaired) electrons. The first-order valence-corrected chi connectivity index (χ1v) is 8.68. The highest BCUT2D eigenvalue weighted by molar-refractivity contribution is 5.96. The predicted octanol–water partition coefficient (Wildman–Crippen LogP) is -0.299. The predicted molar refractivity (Wildman–Crippen MR) is 96.4 cm³/mol. The van der Waals surface area contributed by atoms with E-state index in [2.05, 4.69) is 15.3 Å². The molecule has 1 aliphatic rings. The van der Waals surface area contributed by atoms with Crippen molar-refractivity contribution in [2.24, 2.45) is 14.1 Å². The Labute approximate surface area is 153 Å². The maximum Gasteiger partial charge on any atom is 0.332 e. The Morgan fingerprint density at radius 3 is 2.78 bits per heavy atom. The Bertz CT molecular complexity index is 1130. The van der Waals surface area contributed by atoms with E-state index in [0.29, 0.717) is 18.7 Å². The van der Waals surface area contributed by atoms with Crippen LogP contribution in [0.5, 0.6) is 0 Å². The number of amides is 1. The summed E-state index contributed by atoms with van der Waals surface area (Å²) >= 11 is 0. The summed E-state index contributed by atoms with van der Waals surface area (Å²) in [6, 6.07) is 1.60. The number of hydrogen-bond acceptors (Lipinski definition) is 6. The Balaban J connectivity index is 1.69. The summed E-state index contributed by atoms with van der Waals surface area (Å²) in [5.41, 5.74) is -0.323. The van der Waals surface area contributed by atoms with Gasteiger partial charge in [0.05, 0.1) is 23.2 Å². The third-order valence-electron chi connectivity index (χ3n) is 5.04. The molecule has 1 aliphatic heterocycles. The second-order valence-electron chi connectivity index (χ2n) is 6.73. The van der Waals surface area contributed by atoms with Gasteiger partial charge in [-0.25, -0.2) is 14.5 Å². The zero-order valence-electron chi connectivity index (χ0n) is 15.1. The van der Waals surface area contributed by atoms with Crippen molar-refractivity contribution in [3.63, 3.8) is 0 Å². The lowest BCUT2D eigenvalue weighted by atomic mass is 10.0. The van der Waals surface area contributed by atoms with Crippen LogP contribution in [0, 0.1) is 0 Å². The van der Waals surface area contributed by atoms with Gasteiger partial charge in [-0.3, -0.25) is 18.7 Å². The summed E-state index contributed by atoms with van der Waals surface area (Å²) in [7, 11) is 2.96. The molecule has 1 amide bonds. The molecule has 1 unspecified atom stereocenters. The van der Waals surface area contributed by atoms with Gasteiger partial charge >= 0.3 is 5.69 Å². The summed E-state index contributed by atoms with van der Waals surface area (Å²) in [4.78, 5) is 43.4. The van der Waals surface area contributed by atoms with E-state index in [1.165, 1.54) is 23.9 Å². The number of hydrogen-bond donors (Lipinski definition) is 0. The van der Waals surface area contributed by atoms with Crippen LogP contribution in [0.3, 0.4) is 0 Å². The highest BCUT2D eigenvalue weighted by Gasteiger charge is 2.26. The van der Waals surface area contributed by atoms with Crippen LogP contribution in [-0.2, 0) is 14.1 Å². The van der Waals surface area contributed by atoms with E-state index in [0.717, 1.165) is 17.4 Å². The summed E-state index contributed by atoms with van der Waals surface area (Å²) < 4.78 is 4.08. The molecule has 0 spiro atoms. The number of aryl methyl sites for hydroxylation is 1. The lowest BCUT2D eigenvalue weighted by Crippen LogP contribution is -2.41. The number of rotatable bonds is 2. The molecule has 10 heteroatoms. The van der Waals surface area contributed by atoms with Gasteiger partial charge in [-0.05, 0) is 18.9 Å². The highest BCUT2D eigenvalue weighted by Crippen LogP contribution is 2.22. The van der Waals surface area contributed by atoms with Gasteiger partial charge in [-0.2, -0.15) is 0 Å². The molecule has 3 aromatic heterocycles. The molecule has 0 N–H and O–H groups in total. The lowest BCUT2D eigenvalue weighted by molar-refractivity contribution is 0.0671. The van der Waals surface area contributed by atoms with Crippen molar-refractivity contribution in [2.45, 2.75) is 18.9 Å². The van der Waals surface area contributed by atoms with Gasteiger partial charge in [0, 0.05) is 39.6 Å². The number of carbonyl (C=O) groups excluding carboxylic acids is 1. The van der Waals surface area contributed by atoms with Crippen LogP contribution in [0.25, 0.3) is 11.0 Å². The smallest absolute Gasteiger partial charge is 0.332 e. The molecule has 0 aliphatic carbocycles. The van der Waals surface area contributed by atoms with E-state index in [-0.39, 0.29) is 23.0 Å². The summed E-state index contributed by atoms with van der Waals surface area (Å²) in [6.07, 6.45) is 6.61. The molecule has 4 rings (SSSR count). The maximum absolute atomic E-state index is 13.0. The number of nitrogens with zero attached hydrogens (tertiary/aromatic N) is 7. The molecule has 0 saturated carbocycles. The van der Waals surface area contributed by atoms with Crippen LogP contribution >= 0.6 is 0 Å². The number of pyridine rings is 1. The first-order valence-electron chi connectivity index (χ1n) is 8.68. The minimum Gasteiger partial charge on any atom is -0.336 e. The number of likely N-dealkylation sites (tertiary alicyclic amines) is 1. The number of carbonyl (C=O) groups is 1. The minimum atomic E-state index is -0.464. The van der Waals surface area contributed by atoms with Gasteiger partial charge in [-0.15, -0.1) is 5.10 Å². The second-order valence-corrected chi connectivity index (χ2v) is 6.73. The van der Waals surface area contributed by atoms with Crippen molar-refractivity contribution in [1.82, 2.24) is 34.0 Å². The maximum atomic E-state index is 13.0. The highest BCUT2D eigenvalue weighted by atomic mass is 16.2. The van der Waals surface area contributed by atoms with Crippen molar-refractivity contribution in [2.75, 3.05) is 13.1 Å². The Morgan fingerprint density at radius 1 is 1.22 bits per heavy atom. The van der Waals surface area contributed by atoms with Crippen LogP contribution in [0.2, 0.25) is 0 Å². The molecule has 1 saturated heterocycles. The Hall–Kier alpha value is -3.30. The first kappa shape index (κ1) is 17.1. The minimum absolute atomic E-state index is 0.0762. The topological polar surface area (TPSA) is 108 Å². The first-order chi connectivity index (χ1) is 13.0. The van der Waals surface area contributed by atoms with Gasteiger partial charge in [0.25, 0.3) is 11.5 Å². The van der Waals surface area contributed by atoms with E-state index in [1.807, 2.05) is 0 Å². The Kier molecular flexibility index (Phi) is 4.09. The number of fused-ring (bicyclic) bond motifs is 1. The average molecular weight is 369 g/mol. The van der Waals surface area contributed by atoms with Gasteiger partial charge in [0.1, 0.15) is 5.65 Å². The molecular weight excluding hydrogens is 350 g/mol. The van der Waals surface area contributed by atoms with Crippen LogP contribution in [0.4, 0.5) is 0 Å². The van der Waals surface area contributed by atoms with Crippen LogP contribution in [0.15, 0.2) is 34.2 Å². The largest absolute Gasteiger partial charge is 0.336 e. The van der Waals surface area contributed by atoms with Crippen molar-refractivity contribution in [3.05, 3.63) is 51.1 Å². The van der Waals surface area contributed by atoms with Crippen LogP contribution < -0.4 is 11.2 Å². The van der Waals surface area contributed by atoms with E-state index in [9.17, 15) is 14.4 Å². The lowest BCUT2D eigenvalue weighted by Gasteiger charge is -2.32. The van der Waals surface area contributed by atoms with Crippen LogP contribution in [-0.4, -0.2) is 53.0 Å². The molecule has 1 atom stereocenters. The summed E-state index contributed by atoms with van der Waals surface area (Å²) in [5, 5.41) is 8.10. The zero-order chi connectivity index (χ0) is 19.1. The van der Waals surface area contributed by atoms with Gasteiger partial charge in [0.15, 0.2) is 0 Å². The number of aromatic nitrogens is 6. The molecule has 1 fully saturated rings. The van der Waals surface area contributed by atoms with Gasteiger partial charge < -0.3 is 4.90 Å². The third kappa shape index (κ3) is 2.82. The van der Waals surface area contributed by atoms with E-state index >= 15 is 0 Å². The average Bonchev–Trinajstić information content (AvgIpc) is 3.24. The van der Waals surface area contributed by atoms with E-state index < -0.39 is 11.2 Å². The molecule has 4 heterocycles. The zero-order valence-corrected chi connectivity index (χ0v) is 15.1. The van der Waals surface area contributed by atoms with Crippen molar-refractivity contribution < 1.29 is 4.79 Å².